The average molecular weight is 245 g/mol. The molecule has 4 N–H and O–H groups in total. The summed E-state index contributed by atoms with van der Waals surface area (Å²) in [5.74, 6) is 8.00. The van der Waals surface area contributed by atoms with Crippen LogP contribution in [0.3, 0.4) is 0 Å². The van der Waals surface area contributed by atoms with Crippen molar-refractivity contribution in [2.45, 2.75) is 71.1 Å². The van der Waals surface area contributed by atoms with E-state index in [1.165, 1.54) is 70.8 Å². The van der Waals surface area contributed by atoms with Gasteiger partial charge in [0.05, 0.1) is 0 Å². The molecule has 0 saturated carbocycles. The Balaban J connectivity index is 0. The quantitative estimate of drug-likeness (QED) is 0.334. The topological polar surface area (TPSA) is 55.3 Å². The number of hydrazine groups is 1. The van der Waals surface area contributed by atoms with E-state index in [-0.39, 0.29) is 0 Å². The fraction of sp³-hybridized carbons (Fsp3) is 1.00. The van der Waals surface area contributed by atoms with Gasteiger partial charge in [0.25, 0.3) is 0 Å². The Morgan fingerprint density at radius 3 is 1.35 bits per heavy atom. The lowest BCUT2D eigenvalue weighted by atomic mass is 10.1. The predicted octanol–water partition coefficient (Wildman–Crippen LogP) is 3.29. The molecule has 0 fully saturated rings. The average Bonchev–Trinajstić information content (AvgIpc) is 2.34. The maximum absolute atomic E-state index is 4.00. The Bertz CT molecular complexity index is 116. The van der Waals surface area contributed by atoms with Gasteiger partial charge < -0.3 is 4.90 Å². The van der Waals surface area contributed by atoms with Gasteiger partial charge in [0, 0.05) is 0 Å². The van der Waals surface area contributed by atoms with Crippen LogP contribution in [0.5, 0.6) is 0 Å². The minimum absolute atomic E-state index is 1.26. The van der Waals surface area contributed by atoms with Crippen LogP contribution in [0.25, 0.3) is 0 Å². The Morgan fingerprint density at radius 1 is 0.647 bits per heavy atom. The molecule has 0 unspecified atom stereocenters. The molecule has 0 aromatic heterocycles. The van der Waals surface area contributed by atoms with E-state index in [0.29, 0.717) is 0 Å². The maximum atomic E-state index is 4.00. The van der Waals surface area contributed by atoms with E-state index in [0.717, 1.165) is 0 Å². The standard InChI is InChI=1S/C14H31N.H4N2/c1-4-5-6-7-8-9-10-11-12-13-14-15(2)3;1-2/h4-14H2,1-3H3;1-2H2. The van der Waals surface area contributed by atoms with Gasteiger partial charge in [-0.15, -0.1) is 0 Å². The summed E-state index contributed by atoms with van der Waals surface area (Å²) in [5.41, 5.74) is 0. The number of hydrogen-bond donors (Lipinski definition) is 2. The molecule has 0 aliphatic rings. The molecular formula is C14H35N3. The molecule has 17 heavy (non-hydrogen) atoms. The molecule has 0 radical (unpaired) electrons. The molecule has 0 atom stereocenters. The highest BCUT2D eigenvalue weighted by molar-refractivity contribution is 4.49. The van der Waals surface area contributed by atoms with Crippen LogP contribution in [0.15, 0.2) is 0 Å². The third-order valence-corrected chi connectivity index (χ3v) is 2.96. The van der Waals surface area contributed by atoms with Crippen LogP contribution >= 0.6 is 0 Å². The van der Waals surface area contributed by atoms with Gasteiger partial charge in [0.15, 0.2) is 0 Å². The smallest absolute Gasteiger partial charge is 0.00248 e. The molecule has 0 saturated heterocycles. The van der Waals surface area contributed by atoms with Gasteiger partial charge >= 0.3 is 0 Å². The summed E-state index contributed by atoms with van der Waals surface area (Å²) in [4.78, 5) is 2.28. The van der Waals surface area contributed by atoms with Crippen molar-refractivity contribution in [1.29, 1.82) is 0 Å². The van der Waals surface area contributed by atoms with Gasteiger partial charge in [-0.3, -0.25) is 11.7 Å². The number of nitrogens with zero attached hydrogens (tertiary/aromatic N) is 1. The Kier molecular flexibility index (Phi) is 20.6. The molecule has 3 nitrogen and oxygen atoms in total. The lowest BCUT2D eigenvalue weighted by molar-refractivity contribution is 0.389. The van der Waals surface area contributed by atoms with E-state index in [4.69, 9.17) is 0 Å². The van der Waals surface area contributed by atoms with Crippen LogP contribution in [-0.4, -0.2) is 25.5 Å². The Morgan fingerprint density at radius 2 is 1.00 bits per heavy atom. The van der Waals surface area contributed by atoms with Crippen molar-refractivity contribution in [2.75, 3.05) is 20.6 Å². The molecule has 0 aromatic carbocycles. The van der Waals surface area contributed by atoms with E-state index >= 15 is 0 Å². The molecule has 0 spiro atoms. The predicted molar refractivity (Wildman–Crippen MR) is 78.8 cm³/mol. The molecule has 106 valence electrons. The minimum Gasteiger partial charge on any atom is -0.309 e. The number of rotatable bonds is 11. The van der Waals surface area contributed by atoms with E-state index in [9.17, 15) is 0 Å². The molecule has 0 rings (SSSR count). The van der Waals surface area contributed by atoms with Gasteiger partial charge in [-0.2, -0.15) is 0 Å². The SMILES string of the molecule is CCCCCCCCCCCCN(C)C.NN. The van der Waals surface area contributed by atoms with Crippen molar-refractivity contribution >= 4 is 0 Å². The number of unbranched alkanes of at least 4 members (excludes halogenated alkanes) is 9. The summed E-state index contributed by atoms with van der Waals surface area (Å²) in [6.07, 6.45) is 14.4. The molecule has 0 aliphatic heterocycles. The first-order chi connectivity index (χ1) is 8.27. The fourth-order valence-electron chi connectivity index (χ4n) is 1.92. The van der Waals surface area contributed by atoms with Crippen molar-refractivity contribution < 1.29 is 0 Å². The van der Waals surface area contributed by atoms with Crippen molar-refractivity contribution in [2.24, 2.45) is 11.7 Å². The van der Waals surface area contributed by atoms with Crippen LogP contribution in [-0.2, 0) is 0 Å². The van der Waals surface area contributed by atoms with Crippen molar-refractivity contribution in [3.8, 4) is 0 Å². The highest BCUT2D eigenvalue weighted by atomic mass is 15.0. The van der Waals surface area contributed by atoms with Gasteiger partial charge in [-0.25, -0.2) is 0 Å². The lowest BCUT2D eigenvalue weighted by Crippen LogP contribution is -2.12. The van der Waals surface area contributed by atoms with Crippen LogP contribution in [0, 0.1) is 0 Å². The first kappa shape index (κ1) is 19.2. The van der Waals surface area contributed by atoms with Gasteiger partial charge in [0.1, 0.15) is 0 Å². The zero-order valence-corrected chi connectivity index (χ0v) is 12.4. The zero-order chi connectivity index (χ0) is 13.4. The molecule has 0 aliphatic carbocycles. The van der Waals surface area contributed by atoms with Crippen molar-refractivity contribution in [3.05, 3.63) is 0 Å². The van der Waals surface area contributed by atoms with Crippen molar-refractivity contribution in [1.82, 2.24) is 4.90 Å². The lowest BCUT2D eigenvalue weighted by Gasteiger charge is -2.08. The van der Waals surface area contributed by atoms with Crippen LogP contribution in [0.1, 0.15) is 71.1 Å². The summed E-state index contributed by atoms with van der Waals surface area (Å²) in [5, 5.41) is 0. The maximum Gasteiger partial charge on any atom is -0.00248 e. The summed E-state index contributed by atoms with van der Waals surface area (Å²) in [7, 11) is 4.32. The summed E-state index contributed by atoms with van der Waals surface area (Å²) < 4.78 is 0. The van der Waals surface area contributed by atoms with E-state index < -0.39 is 0 Å². The van der Waals surface area contributed by atoms with E-state index in [2.05, 4.69) is 37.6 Å². The van der Waals surface area contributed by atoms with E-state index in [1.54, 1.807) is 0 Å². The molecule has 0 amide bonds. The zero-order valence-electron chi connectivity index (χ0n) is 12.4. The van der Waals surface area contributed by atoms with Gasteiger partial charge in [0.2, 0.25) is 0 Å². The summed E-state index contributed by atoms with van der Waals surface area (Å²) >= 11 is 0. The highest BCUT2D eigenvalue weighted by Crippen LogP contribution is 2.10. The largest absolute Gasteiger partial charge is 0.309 e. The number of nitrogens with two attached hydrogens (primary N) is 2. The molecule has 0 heterocycles. The van der Waals surface area contributed by atoms with Crippen molar-refractivity contribution in [3.63, 3.8) is 0 Å². The fourth-order valence-corrected chi connectivity index (χ4v) is 1.92. The second-order valence-corrected chi connectivity index (χ2v) is 4.99. The number of hydrogen-bond acceptors (Lipinski definition) is 3. The minimum atomic E-state index is 1.26. The van der Waals surface area contributed by atoms with E-state index in [1.807, 2.05) is 0 Å². The molecular weight excluding hydrogens is 210 g/mol. The van der Waals surface area contributed by atoms with Gasteiger partial charge in [-0.05, 0) is 27.1 Å². The monoisotopic (exact) mass is 245 g/mol. The third-order valence-electron chi connectivity index (χ3n) is 2.96. The van der Waals surface area contributed by atoms with Crippen LogP contribution < -0.4 is 11.7 Å². The van der Waals surface area contributed by atoms with Crippen LogP contribution in [0.4, 0.5) is 0 Å². The molecule has 3 heteroatoms. The summed E-state index contributed by atoms with van der Waals surface area (Å²) in [6, 6.07) is 0. The highest BCUT2D eigenvalue weighted by Gasteiger charge is 1.93. The Hall–Kier alpha value is -0.120. The first-order valence-electron chi connectivity index (χ1n) is 7.25. The van der Waals surface area contributed by atoms with Gasteiger partial charge in [-0.1, -0.05) is 64.7 Å². The Labute approximate surface area is 109 Å². The first-order valence-corrected chi connectivity index (χ1v) is 7.25. The molecule has 0 aromatic rings. The molecule has 0 bridgehead atoms. The third kappa shape index (κ3) is 21.7. The normalized spacial score (nSPS) is 10.2. The second kappa shape index (κ2) is 18.3. The second-order valence-electron chi connectivity index (χ2n) is 4.99. The summed E-state index contributed by atoms with van der Waals surface area (Å²) in [6.45, 7) is 3.54. The van der Waals surface area contributed by atoms with Crippen LogP contribution in [0.2, 0.25) is 0 Å².